The maximum Gasteiger partial charge on any atom is 0.248 e. The number of nitrogens with one attached hydrogen (secondary N) is 1. The van der Waals surface area contributed by atoms with Crippen LogP contribution in [0.2, 0.25) is 0 Å². The van der Waals surface area contributed by atoms with Crippen LogP contribution in [0.4, 0.5) is 5.69 Å². The Morgan fingerprint density at radius 2 is 2.29 bits per heavy atom. The fourth-order valence-corrected chi connectivity index (χ4v) is 1.67. The lowest BCUT2D eigenvalue weighted by Crippen LogP contribution is -2.35. The number of rotatable bonds is 1. The lowest BCUT2D eigenvalue weighted by molar-refractivity contribution is 0.100. The summed E-state index contributed by atoms with van der Waals surface area (Å²) in [5, 5.41) is 3.17. The number of hydrogen-bond acceptors (Lipinski definition) is 3. The number of hydrogen-bond donors (Lipinski definition) is 3. The van der Waals surface area contributed by atoms with Crippen LogP contribution >= 0.6 is 0 Å². The van der Waals surface area contributed by atoms with Crippen molar-refractivity contribution < 1.29 is 4.79 Å². The first kappa shape index (κ1) is 9.02. The molecule has 1 aliphatic rings. The molecule has 74 valence electrons. The van der Waals surface area contributed by atoms with Gasteiger partial charge in [0, 0.05) is 23.8 Å². The summed E-state index contributed by atoms with van der Waals surface area (Å²) in [4.78, 5) is 10.9. The van der Waals surface area contributed by atoms with E-state index in [0.29, 0.717) is 5.56 Å². The van der Waals surface area contributed by atoms with Gasteiger partial charge in [0.25, 0.3) is 0 Å². The molecule has 0 spiro atoms. The van der Waals surface area contributed by atoms with Crippen molar-refractivity contribution in [2.45, 2.75) is 12.5 Å². The second-order valence-corrected chi connectivity index (χ2v) is 3.58. The third-order valence-electron chi connectivity index (χ3n) is 2.43. The number of carbonyl (C=O) groups excluding carboxylic acids is 1. The number of nitrogens with two attached hydrogens (primary N) is 2. The van der Waals surface area contributed by atoms with Crippen LogP contribution in [-0.4, -0.2) is 18.5 Å². The number of carbonyl (C=O) groups is 1. The zero-order valence-electron chi connectivity index (χ0n) is 7.79. The number of benzene rings is 1. The average molecular weight is 191 g/mol. The number of amides is 1. The van der Waals surface area contributed by atoms with Gasteiger partial charge in [0.2, 0.25) is 5.91 Å². The second kappa shape index (κ2) is 3.31. The third kappa shape index (κ3) is 1.56. The van der Waals surface area contributed by atoms with E-state index in [-0.39, 0.29) is 6.04 Å². The topological polar surface area (TPSA) is 81.1 Å². The Bertz CT molecular complexity index is 376. The van der Waals surface area contributed by atoms with Gasteiger partial charge in [-0.25, -0.2) is 0 Å². The fraction of sp³-hybridized carbons (Fsp3) is 0.300. The summed E-state index contributed by atoms with van der Waals surface area (Å²) in [7, 11) is 0. The minimum Gasteiger partial charge on any atom is -0.383 e. The van der Waals surface area contributed by atoms with Crippen LogP contribution in [0.15, 0.2) is 18.2 Å². The molecule has 0 saturated carbocycles. The van der Waals surface area contributed by atoms with Crippen molar-refractivity contribution in [1.29, 1.82) is 0 Å². The fourth-order valence-electron chi connectivity index (χ4n) is 1.67. The van der Waals surface area contributed by atoms with Gasteiger partial charge in [-0.3, -0.25) is 4.79 Å². The average Bonchev–Trinajstić information content (AvgIpc) is 2.16. The van der Waals surface area contributed by atoms with Crippen molar-refractivity contribution in [3.05, 3.63) is 29.3 Å². The SMILES string of the molecule is NC(=O)c1ccc2c(c1)NCC(N)C2. The Hall–Kier alpha value is -1.55. The van der Waals surface area contributed by atoms with Crippen LogP contribution in [0, 0.1) is 0 Å². The number of anilines is 1. The number of primary amides is 1. The summed E-state index contributed by atoms with van der Waals surface area (Å²) in [5.74, 6) is -0.399. The molecule has 0 fully saturated rings. The standard InChI is InChI=1S/C10H13N3O/c11-8-3-6-1-2-7(10(12)14)4-9(6)13-5-8/h1-2,4,8,13H,3,5,11H2,(H2,12,14). The highest BCUT2D eigenvalue weighted by Gasteiger charge is 2.15. The van der Waals surface area contributed by atoms with Crippen molar-refractivity contribution in [3.63, 3.8) is 0 Å². The van der Waals surface area contributed by atoms with E-state index >= 15 is 0 Å². The minimum absolute atomic E-state index is 0.155. The first-order valence-electron chi connectivity index (χ1n) is 4.59. The highest BCUT2D eigenvalue weighted by molar-refractivity contribution is 5.94. The molecule has 1 aliphatic heterocycles. The first-order chi connectivity index (χ1) is 6.66. The lowest BCUT2D eigenvalue weighted by atomic mass is 9.98. The van der Waals surface area contributed by atoms with Crippen molar-refractivity contribution in [1.82, 2.24) is 0 Å². The maximum atomic E-state index is 10.9. The van der Waals surface area contributed by atoms with E-state index in [1.54, 1.807) is 12.1 Å². The summed E-state index contributed by atoms with van der Waals surface area (Å²) in [6.07, 6.45) is 0.849. The molecule has 2 rings (SSSR count). The van der Waals surface area contributed by atoms with E-state index in [2.05, 4.69) is 5.32 Å². The molecule has 1 atom stereocenters. The molecule has 1 amide bonds. The van der Waals surface area contributed by atoms with Gasteiger partial charge in [0.1, 0.15) is 0 Å². The van der Waals surface area contributed by atoms with Gasteiger partial charge in [-0.05, 0) is 24.1 Å². The molecule has 0 bridgehead atoms. The van der Waals surface area contributed by atoms with Crippen LogP contribution in [0.1, 0.15) is 15.9 Å². The predicted octanol–water partition coefficient (Wildman–Crippen LogP) is 0.0808. The van der Waals surface area contributed by atoms with Crippen molar-refractivity contribution in [2.75, 3.05) is 11.9 Å². The predicted molar refractivity (Wildman–Crippen MR) is 55.1 cm³/mol. The monoisotopic (exact) mass is 191 g/mol. The second-order valence-electron chi connectivity index (χ2n) is 3.58. The van der Waals surface area contributed by atoms with Gasteiger partial charge in [-0.1, -0.05) is 6.07 Å². The summed E-state index contributed by atoms with van der Waals surface area (Å²) in [5.41, 5.74) is 13.6. The largest absolute Gasteiger partial charge is 0.383 e. The Balaban J connectivity index is 2.36. The molecule has 14 heavy (non-hydrogen) atoms. The number of fused-ring (bicyclic) bond motifs is 1. The highest BCUT2D eigenvalue weighted by Crippen LogP contribution is 2.22. The van der Waals surface area contributed by atoms with E-state index < -0.39 is 5.91 Å². The van der Waals surface area contributed by atoms with Crippen LogP contribution in [0.5, 0.6) is 0 Å². The quantitative estimate of drug-likeness (QED) is 0.588. The Morgan fingerprint density at radius 3 is 3.00 bits per heavy atom. The zero-order chi connectivity index (χ0) is 10.1. The molecule has 1 aromatic carbocycles. The molecule has 0 aromatic heterocycles. The molecule has 4 nitrogen and oxygen atoms in total. The Kier molecular flexibility index (Phi) is 2.13. The molecule has 5 N–H and O–H groups in total. The molecule has 4 heteroatoms. The Morgan fingerprint density at radius 1 is 1.50 bits per heavy atom. The maximum absolute atomic E-state index is 10.9. The normalized spacial score (nSPS) is 19.6. The van der Waals surface area contributed by atoms with Crippen molar-refractivity contribution >= 4 is 11.6 Å². The molecule has 0 saturated heterocycles. The summed E-state index contributed by atoms with van der Waals surface area (Å²) in [6, 6.07) is 5.58. The molecule has 0 aliphatic carbocycles. The molecule has 0 radical (unpaired) electrons. The van der Waals surface area contributed by atoms with Crippen molar-refractivity contribution in [3.8, 4) is 0 Å². The van der Waals surface area contributed by atoms with Gasteiger partial charge in [-0.15, -0.1) is 0 Å². The van der Waals surface area contributed by atoms with E-state index in [1.807, 2.05) is 6.07 Å². The van der Waals surface area contributed by atoms with Crippen LogP contribution in [0.25, 0.3) is 0 Å². The van der Waals surface area contributed by atoms with Crippen molar-refractivity contribution in [2.24, 2.45) is 11.5 Å². The summed E-state index contributed by atoms with van der Waals surface area (Å²) >= 11 is 0. The highest BCUT2D eigenvalue weighted by atomic mass is 16.1. The molecule has 1 unspecified atom stereocenters. The van der Waals surface area contributed by atoms with Crippen LogP contribution < -0.4 is 16.8 Å². The van der Waals surface area contributed by atoms with Gasteiger partial charge in [0.05, 0.1) is 0 Å². The molecular formula is C10H13N3O. The first-order valence-corrected chi connectivity index (χ1v) is 4.59. The molecule has 1 heterocycles. The smallest absolute Gasteiger partial charge is 0.248 e. The zero-order valence-corrected chi connectivity index (χ0v) is 7.79. The van der Waals surface area contributed by atoms with Gasteiger partial charge >= 0.3 is 0 Å². The summed E-state index contributed by atoms with van der Waals surface area (Å²) < 4.78 is 0. The molecular weight excluding hydrogens is 178 g/mol. The van der Waals surface area contributed by atoms with Crippen LogP contribution in [0.3, 0.4) is 0 Å². The van der Waals surface area contributed by atoms with Crippen LogP contribution in [-0.2, 0) is 6.42 Å². The van der Waals surface area contributed by atoms with E-state index in [4.69, 9.17) is 11.5 Å². The Labute approximate surface area is 82.3 Å². The van der Waals surface area contributed by atoms with Gasteiger partial charge < -0.3 is 16.8 Å². The summed E-state index contributed by atoms with van der Waals surface area (Å²) in [6.45, 7) is 0.745. The molecule has 1 aromatic rings. The van der Waals surface area contributed by atoms with Gasteiger partial charge in [0.15, 0.2) is 0 Å². The lowest BCUT2D eigenvalue weighted by Gasteiger charge is -2.23. The third-order valence-corrected chi connectivity index (χ3v) is 2.43. The van der Waals surface area contributed by atoms with Gasteiger partial charge in [-0.2, -0.15) is 0 Å². The van der Waals surface area contributed by atoms with E-state index in [1.165, 1.54) is 0 Å². The van der Waals surface area contributed by atoms with E-state index in [9.17, 15) is 4.79 Å². The van der Waals surface area contributed by atoms with E-state index in [0.717, 1.165) is 24.2 Å². The minimum atomic E-state index is -0.399.